The molecule has 2 aromatic rings. The van der Waals surface area contributed by atoms with E-state index in [1.165, 1.54) is 11.1 Å². The number of nitrogens with one attached hydrogen (secondary N) is 1. The summed E-state index contributed by atoms with van der Waals surface area (Å²) < 4.78 is 0. The largest absolute Gasteiger partial charge is 0.348 e. The van der Waals surface area contributed by atoms with Gasteiger partial charge in [-0.05, 0) is 17.5 Å². The summed E-state index contributed by atoms with van der Waals surface area (Å²) in [6, 6.07) is 8.70. The Morgan fingerprint density at radius 3 is 2.93 bits per heavy atom. The number of hydrogen-bond acceptors (Lipinski definition) is 1. The molecule has 0 amide bonds. The van der Waals surface area contributed by atoms with Crippen LogP contribution in [0.5, 0.6) is 0 Å². The van der Waals surface area contributed by atoms with Gasteiger partial charge in [0.2, 0.25) is 0 Å². The molecule has 2 nitrogen and oxygen atoms in total. The van der Waals surface area contributed by atoms with E-state index in [9.17, 15) is 0 Å². The van der Waals surface area contributed by atoms with E-state index in [2.05, 4.69) is 48.1 Å². The lowest BCUT2D eigenvalue weighted by atomic mass is 9.98. The second kappa shape index (κ2) is 4.30. The van der Waals surface area contributed by atoms with Crippen LogP contribution >= 0.6 is 0 Å². The van der Waals surface area contributed by atoms with Gasteiger partial charge in [0.15, 0.2) is 0 Å². The number of hydrogen-bond donors (Lipinski definition) is 1. The minimum Gasteiger partial charge on any atom is -0.348 e. The average molecular weight is 200 g/mol. The summed E-state index contributed by atoms with van der Waals surface area (Å²) in [6.45, 7) is 4.35. The highest BCUT2D eigenvalue weighted by molar-refractivity contribution is 5.29. The first-order valence-corrected chi connectivity index (χ1v) is 5.39. The number of aromatic amines is 1. The van der Waals surface area contributed by atoms with Crippen LogP contribution in [0.2, 0.25) is 0 Å². The molecule has 0 bridgehead atoms. The van der Waals surface area contributed by atoms with E-state index in [-0.39, 0.29) is 0 Å². The van der Waals surface area contributed by atoms with Crippen molar-refractivity contribution >= 4 is 0 Å². The first kappa shape index (κ1) is 9.97. The van der Waals surface area contributed by atoms with Gasteiger partial charge in [0.05, 0.1) is 0 Å². The van der Waals surface area contributed by atoms with Crippen molar-refractivity contribution in [2.75, 3.05) is 0 Å². The van der Waals surface area contributed by atoms with E-state index >= 15 is 0 Å². The van der Waals surface area contributed by atoms with Gasteiger partial charge >= 0.3 is 0 Å². The summed E-state index contributed by atoms with van der Waals surface area (Å²) in [7, 11) is 0. The summed E-state index contributed by atoms with van der Waals surface area (Å²) in [5.74, 6) is 1.37. The van der Waals surface area contributed by atoms with Crippen molar-refractivity contribution in [1.29, 1.82) is 0 Å². The Hall–Kier alpha value is -1.57. The van der Waals surface area contributed by atoms with Gasteiger partial charge in [-0.3, -0.25) is 0 Å². The number of aryl methyl sites for hydroxylation is 1. The maximum atomic E-state index is 4.29. The lowest BCUT2D eigenvalue weighted by Crippen LogP contribution is -1.99. The van der Waals surface area contributed by atoms with Crippen LogP contribution in [0.1, 0.15) is 36.7 Å². The quantitative estimate of drug-likeness (QED) is 0.810. The van der Waals surface area contributed by atoms with E-state index in [1.54, 1.807) is 6.20 Å². The predicted octanol–water partition coefficient (Wildman–Crippen LogP) is 3.12. The van der Waals surface area contributed by atoms with Crippen molar-refractivity contribution in [2.24, 2.45) is 0 Å². The second-order valence-electron chi connectivity index (χ2n) is 3.79. The monoisotopic (exact) mass is 200 g/mol. The Balaban J connectivity index is 2.29. The lowest BCUT2D eigenvalue weighted by molar-refractivity contribution is 0.837. The van der Waals surface area contributed by atoms with Gasteiger partial charge in [0.1, 0.15) is 5.82 Å². The molecule has 2 heteroatoms. The maximum Gasteiger partial charge on any atom is 0.113 e. The molecule has 0 spiro atoms. The highest BCUT2D eigenvalue weighted by Crippen LogP contribution is 2.21. The minimum absolute atomic E-state index is 0.339. The standard InChI is InChI=1S/C13H16N2/c1-3-11-5-4-6-12(9-11)10(2)13-14-7-8-15-13/h4-10H,3H2,1-2H3,(H,14,15)/t10-/m0/s1. The molecule has 0 unspecified atom stereocenters. The summed E-state index contributed by atoms with van der Waals surface area (Å²) >= 11 is 0. The Morgan fingerprint density at radius 1 is 1.40 bits per heavy atom. The van der Waals surface area contributed by atoms with Crippen LogP contribution in [-0.2, 0) is 6.42 Å². The van der Waals surface area contributed by atoms with Crippen LogP contribution in [0.4, 0.5) is 0 Å². The predicted molar refractivity (Wildman–Crippen MR) is 61.9 cm³/mol. The van der Waals surface area contributed by atoms with Crippen molar-refractivity contribution in [3.05, 3.63) is 53.6 Å². The summed E-state index contributed by atoms with van der Waals surface area (Å²) in [4.78, 5) is 7.45. The molecule has 0 saturated carbocycles. The van der Waals surface area contributed by atoms with Crippen molar-refractivity contribution in [3.63, 3.8) is 0 Å². The first-order chi connectivity index (χ1) is 7.31. The SMILES string of the molecule is CCc1cccc([C@H](C)c2ncc[nH]2)c1. The molecular weight excluding hydrogens is 184 g/mol. The Labute approximate surface area is 90.4 Å². The van der Waals surface area contributed by atoms with Crippen molar-refractivity contribution in [1.82, 2.24) is 9.97 Å². The fraction of sp³-hybridized carbons (Fsp3) is 0.308. The molecule has 0 saturated heterocycles. The Bertz CT molecular complexity index is 418. The molecule has 0 aliphatic rings. The molecule has 1 aromatic carbocycles. The van der Waals surface area contributed by atoms with Gasteiger partial charge in [0.25, 0.3) is 0 Å². The number of nitrogens with zero attached hydrogens (tertiary/aromatic N) is 1. The summed E-state index contributed by atoms with van der Waals surface area (Å²) in [6.07, 6.45) is 4.75. The van der Waals surface area contributed by atoms with E-state index in [0.717, 1.165) is 12.2 Å². The molecule has 2 rings (SSSR count). The van der Waals surface area contributed by atoms with Gasteiger partial charge in [0, 0.05) is 18.3 Å². The minimum atomic E-state index is 0.339. The molecule has 1 atom stereocenters. The van der Waals surface area contributed by atoms with Gasteiger partial charge in [-0.25, -0.2) is 4.98 Å². The lowest BCUT2D eigenvalue weighted by Gasteiger charge is -2.10. The molecule has 0 aliphatic carbocycles. The number of rotatable bonds is 3. The zero-order valence-electron chi connectivity index (χ0n) is 9.20. The third kappa shape index (κ3) is 2.09. The van der Waals surface area contributed by atoms with E-state index in [1.807, 2.05) is 6.20 Å². The van der Waals surface area contributed by atoms with Crippen molar-refractivity contribution in [2.45, 2.75) is 26.2 Å². The number of H-pyrrole nitrogens is 1. The van der Waals surface area contributed by atoms with E-state index < -0.39 is 0 Å². The van der Waals surface area contributed by atoms with E-state index in [0.29, 0.717) is 5.92 Å². The Kier molecular flexibility index (Phi) is 2.86. The molecule has 0 fully saturated rings. The van der Waals surface area contributed by atoms with Gasteiger partial charge in [-0.15, -0.1) is 0 Å². The zero-order valence-corrected chi connectivity index (χ0v) is 9.20. The van der Waals surface area contributed by atoms with Crippen LogP contribution in [0.25, 0.3) is 0 Å². The first-order valence-electron chi connectivity index (χ1n) is 5.39. The summed E-state index contributed by atoms with van der Waals surface area (Å²) in [5.41, 5.74) is 2.70. The molecule has 1 heterocycles. The molecule has 78 valence electrons. The maximum absolute atomic E-state index is 4.29. The Morgan fingerprint density at radius 2 is 2.27 bits per heavy atom. The fourth-order valence-corrected chi connectivity index (χ4v) is 1.75. The van der Waals surface area contributed by atoms with Gasteiger partial charge in [-0.1, -0.05) is 38.1 Å². The third-order valence-corrected chi connectivity index (χ3v) is 2.79. The van der Waals surface area contributed by atoms with Crippen LogP contribution in [0.15, 0.2) is 36.7 Å². The number of benzene rings is 1. The normalized spacial score (nSPS) is 12.7. The zero-order chi connectivity index (χ0) is 10.7. The van der Waals surface area contributed by atoms with Crippen LogP contribution in [0.3, 0.4) is 0 Å². The number of aromatic nitrogens is 2. The highest BCUT2D eigenvalue weighted by Gasteiger charge is 2.10. The van der Waals surface area contributed by atoms with Crippen LogP contribution in [-0.4, -0.2) is 9.97 Å². The molecular formula is C13H16N2. The van der Waals surface area contributed by atoms with Crippen LogP contribution < -0.4 is 0 Å². The van der Waals surface area contributed by atoms with E-state index in [4.69, 9.17) is 0 Å². The van der Waals surface area contributed by atoms with Gasteiger partial charge in [-0.2, -0.15) is 0 Å². The molecule has 0 radical (unpaired) electrons. The van der Waals surface area contributed by atoms with Crippen molar-refractivity contribution < 1.29 is 0 Å². The highest BCUT2D eigenvalue weighted by atomic mass is 14.9. The molecule has 0 aliphatic heterocycles. The van der Waals surface area contributed by atoms with Crippen molar-refractivity contribution in [3.8, 4) is 0 Å². The second-order valence-corrected chi connectivity index (χ2v) is 3.79. The third-order valence-electron chi connectivity index (χ3n) is 2.79. The average Bonchev–Trinajstić information content (AvgIpc) is 2.81. The summed E-state index contributed by atoms with van der Waals surface area (Å²) in [5, 5.41) is 0. The smallest absolute Gasteiger partial charge is 0.113 e. The van der Waals surface area contributed by atoms with Gasteiger partial charge < -0.3 is 4.98 Å². The molecule has 15 heavy (non-hydrogen) atoms. The van der Waals surface area contributed by atoms with Crippen LogP contribution in [0, 0.1) is 0 Å². The number of imidazole rings is 1. The topological polar surface area (TPSA) is 28.7 Å². The molecule has 1 aromatic heterocycles. The fourth-order valence-electron chi connectivity index (χ4n) is 1.75. The molecule has 1 N–H and O–H groups in total.